The molecule has 1 rings (SSSR count). The van der Waals surface area contributed by atoms with Gasteiger partial charge in [0.05, 0.1) is 5.75 Å². The van der Waals surface area contributed by atoms with Crippen molar-refractivity contribution >= 4 is 21.7 Å². The number of sulfone groups is 1. The summed E-state index contributed by atoms with van der Waals surface area (Å²) >= 11 is 0. The summed E-state index contributed by atoms with van der Waals surface area (Å²) in [4.78, 5) is 22.3. The zero-order valence-corrected chi connectivity index (χ0v) is 11.1. The molecule has 104 valence electrons. The number of nitrogens with one attached hydrogen (secondary N) is 1. The highest BCUT2D eigenvalue weighted by Gasteiger charge is 2.35. The van der Waals surface area contributed by atoms with Crippen molar-refractivity contribution in [3.63, 3.8) is 0 Å². The first-order valence-electron chi connectivity index (χ1n) is 5.55. The Bertz CT molecular complexity index is 432. The maximum atomic E-state index is 11.7. The van der Waals surface area contributed by atoms with Crippen molar-refractivity contribution in [2.24, 2.45) is 0 Å². The maximum absolute atomic E-state index is 11.7. The lowest BCUT2D eigenvalue weighted by Crippen LogP contribution is -2.43. The van der Waals surface area contributed by atoms with E-state index in [0.29, 0.717) is 6.42 Å². The maximum Gasteiger partial charge on any atom is 0.332 e. The van der Waals surface area contributed by atoms with Gasteiger partial charge in [0.2, 0.25) is 5.91 Å². The molecule has 0 saturated carbocycles. The van der Waals surface area contributed by atoms with E-state index in [1.807, 2.05) is 0 Å². The summed E-state index contributed by atoms with van der Waals surface area (Å²) < 4.78 is 27.1. The Morgan fingerprint density at radius 1 is 1.39 bits per heavy atom. The molecule has 3 unspecified atom stereocenters. The van der Waals surface area contributed by atoms with Crippen LogP contribution in [-0.2, 0) is 24.2 Å². The van der Waals surface area contributed by atoms with Crippen molar-refractivity contribution in [2.75, 3.05) is 12.0 Å². The Morgan fingerprint density at radius 2 is 1.94 bits per heavy atom. The van der Waals surface area contributed by atoms with E-state index in [1.54, 1.807) is 6.92 Å². The summed E-state index contributed by atoms with van der Waals surface area (Å²) in [5.41, 5.74) is 0. The van der Waals surface area contributed by atoms with Gasteiger partial charge >= 0.3 is 5.97 Å². The van der Waals surface area contributed by atoms with Crippen LogP contribution in [0.3, 0.4) is 0 Å². The lowest BCUT2D eigenvalue weighted by Gasteiger charge is -2.16. The molecule has 1 heterocycles. The molecule has 1 saturated heterocycles. The standard InChI is InChI=1S/C10H17NO6S/c1-6(5-18(2,15)16)11-9(12)7-3-4-8(17-7)10(13)14/h6-8H,3-5H2,1-2H3,(H,11,12)(H,13,14). The van der Waals surface area contributed by atoms with E-state index < -0.39 is 40.0 Å². The number of ether oxygens (including phenoxy) is 1. The van der Waals surface area contributed by atoms with Crippen molar-refractivity contribution in [3.8, 4) is 0 Å². The largest absolute Gasteiger partial charge is 0.479 e. The van der Waals surface area contributed by atoms with Crippen LogP contribution in [-0.4, -0.2) is 55.7 Å². The van der Waals surface area contributed by atoms with Gasteiger partial charge in [-0.15, -0.1) is 0 Å². The van der Waals surface area contributed by atoms with Gasteiger partial charge in [0.15, 0.2) is 6.10 Å². The number of carboxylic acids is 1. The molecule has 0 bridgehead atoms. The Morgan fingerprint density at radius 3 is 2.39 bits per heavy atom. The van der Waals surface area contributed by atoms with Crippen molar-refractivity contribution in [1.29, 1.82) is 0 Å². The Hall–Kier alpha value is -1.15. The SMILES string of the molecule is CC(CS(C)(=O)=O)NC(=O)C1CCC(C(=O)O)O1. The molecule has 0 aliphatic carbocycles. The second-order valence-electron chi connectivity index (χ2n) is 4.53. The van der Waals surface area contributed by atoms with Crippen LogP contribution in [0.5, 0.6) is 0 Å². The van der Waals surface area contributed by atoms with Gasteiger partial charge in [-0.25, -0.2) is 13.2 Å². The molecule has 0 radical (unpaired) electrons. The molecule has 1 aliphatic heterocycles. The third-order valence-corrected chi connectivity index (χ3v) is 3.63. The predicted molar refractivity (Wildman–Crippen MR) is 62.8 cm³/mol. The number of rotatable bonds is 5. The molecule has 3 atom stereocenters. The average molecular weight is 279 g/mol. The Kier molecular flexibility index (Phi) is 4.69. The van der Waals surface area contributed by atoms with Gasteiger partial charge < -0.3 is 15.2 Å². The minimum absolute atomic E-state index is 0.159. The number of carboxylic acid groups (broad SMARTS) is 1. The molecular weight excluding hydrogens is 262 g/mol. The fraction of sp³-hybridized carbons (Fsp3) is 0.800. The smallest absolute Gasteiger partial charge is 0.332 e. The van der Waals surface area contributed by atoms with Crippen LogP contribution in [0.1, 0.15) is 19.8 Å². The highest BCUT2D eigenvalue weighted by Crippen LogP contribution is 2.20. The minimum atomic E-state index is -3.17. The molecule has 7 nitrogen and oxygen atoms in total. The Balaban J connectivity index is 2.45. The van der Waals surface area contributed by atoms with Crippen molar-refractivity contribution in [1.82, 2.24) is 5.32 Å². The van der Waals surface area contributed by atoms with Gasteiger partial charge in [0, 0.05) is 12.3 Å². The lowest BCUT2D eigenvalue weighted by molar-refractivity contribution is -0.151. The van der Waals surface area contributed by atoms with E-state index in [4.69, 9.17) is 9.84 Å². The fourth-order valence-electron chi connectivity index (χ4n) is 1.84. The number of aliphatic carboxylic acids is 1. The quantitative estimate of drug-likeness (QED) is 0.679. The van der Waals surface area contributed by atoms with E-state index in [1.165, 1.54) is 0 Å². The summed E-state index contributed by atoms with van der Waals surface area (Å²) in [6, 6.07) is -0.528. The highest BCUT2D eigenvalue weighted by atomic mass is 32.2. The summed E-state index contributed by atoms with van der Waals surface area (Å²) in [6.07, 6.45) is -0.0659. The molecule has 0 spiro atoms. The summed E-state index contributed by atoms with van der Waals surface area (Å²) in [5.74, 6) is -1.71. The van der Waals surface area contributed by atoms with E-state index in [9.17, 15) is 18.0 Å². The minimum Gasteiger partial charge on any atom is -0.479 e. The van der Waals surface area contributed by atoms with Gasteiger partial charge in [-0.05, 0) is 19.8 Å². The fourth-order valence-corrected chi connectivity index (χ4v) is 2.83. The molecule has 1 amide bonds. The molecule has 18 heavy (non-hydrogen) atoms. The topological polar surface area (TPSA) is 110 Å². The van der Waals surface area contributed by atoms with E-state index >= 15 is 0 Å². The molecule has 2 N–H and O–H groups in total. The van der Waals surface area contributed by atoms with Gasteiger partial charge in [0.25, 0.3) is 0 Å². The monoisotopic (exact) mass is 279 g/mol. The molecule has 1 aliphatic rings. The summed E-state index contributed by atoms with van der Waals surface area (Å²) in [6.45, 7) is 1.57. The van der Waals surface area contributed by atoms with Crippen LogP contribution in [0.4, 0.5) is 0 Å². The van der Waals surface area contributed by atoms with Crippen molar-refractivity contribution < 1.29 is 27.9 Å². The number of hydrogen-bond acceptors (Lipinski definition) is 5. The summed E-state index contributed by atoms with van der Waals surface area (Å²) in [7, 11) is -3.17. The molecule has 0 aromatic rings. The predicted octanol–water partition coefficient (Wildman–Crippen LogP) is -0.832. The van der Waals surface area contributed by atoms with Crippen LogP contribution in [0.15, 0.2) is 0 Å². The van der Waals surface area contributed by atoms with Gasteiger partial charge in [0.1, 0.15) is 15.9 Å². The Labute approximate surface area is 105 Å². The van der Waals surface area contributed by atoms with Crippen LogP contribution in [0.25, 0.3) is 0 Å². The molecule has 1 fully saturated rings. The zero-order chi connectivity index (χ0) is 13.9. The number of amides is 1. The van der Waals surface area contributed by atoms with Gasteiger partial charge in [-0.2, -0.15) is 0 Å². The van der Waals surface area contributed by atoms with E-state index in [2.05, 4.69) is 5.32 Å². The molecule has 8 heteroatoms. The van der Waals surface area contributed by atoms with Gasteiger partial charge in [-0.3, -0.25) is 4.79 Å². The highest BCUT2D eigenvalue weighted by molar-refractivity contribution is 7.90. The molecular formula is C10H17NO6S. The van der Waals surface area contributed by atoms with Crippen molar-refractivity contribution in [3.05, 3.63) is 0 Å². The first-order valence-corrected chi connectivity index (χ1v) is 7.61. The number of hydrogen-bond donors (Lipinski definition) is 2. The second kappa shape index (κ2) is 5.66. The average Bonchev–Trinajstić information content (AvgIpc) is 2.62. The zero-order valence-electron chi connectivity index (χ0n) is 10.3. The third kappa shape index (κ3) is 4.61. The van der Waals surface area contributed by atoms with Crippen LogP contribution in [0.2, 0.25) is 0 Å². The van der Waals surface area contributed by atoms with E-state index in [-0.39, 0.29) is 12.2 Å². The van der Waals surface area contributed by atoms with Crippen molar-refractivity contribution in [2.45, 2.75) is 38.0 Å². The molecule has 0 aromatic heterocycles. The van der Waals surface area contributed by atoms with Crippen LogP contribution >= 0.6 is 0 Å². The first-order chi connectivity index (χ1) is 8.19. The normalized spacial score (nSPS) is 25.7. The lowest BCUT2D eigenvalue weighted by atomic mass is 10.2. The first kappa shape index (κ1) is 14.9. The van der Waals surface area contributed by atoms with Crippen LogP contribution in [0, 0.1) is 0 Å². The number of carbonyl (C=O) groups is 2. The summed E-state index contributed by atoms with van der Waals surface area (Å²) in [5, 5.41) is 11.2. The molecule has 0 aromatic carbocycles. The van der Waals surface area contributed by atoms with Crippen LogP contribution < -0.4 is 5.32 Å². The van der Waals surface area contributed by atoms with E-state index in [0.717, 1.165) is 6.26 Å². The second-order valence-corrected chi connectivity index (χ2v) is 6.72. The third-order valence-electron chi connectivity index (χ3n) is 2.53. The number of carbonyl (C=O) groups excluding carboxylic acids is 1. The van der Waals surface area contributed by atoms with Gasteiger partial charge in [-0.1, -0.05) is 0 Å².